The van der Waals surface area contributed by atoms with E-state index in [9.17, 15) is 14.2 Å². The van der Waals surface area contributed by atoms with Crippen LogP contribution in [-0.4, -0.2) is 53.3 Å². The van der Waals surface area contributed by atoms with Gasteiger partial charge in [-0.15, -0.1) is 0 Å². The highest BCUT2D eigenvalue weighted by molar-refractivity contribution is 7.46. The minimum Gasteiger partial charge on any atom is -0.462 e. The van der Waals surface area contributed by atoms with Crippen molar-refractivity contribution in [3.63, 3.8) is 0 Å². The SMILES string of the molecule is CCCCC/C=C\CC1OC1C/C=C\C/C=C\CCCC(=O)O[C@H](COC(=O)CCCCCCCCCCCCC(C)C)COP(=O)(O)O. The molecular weight excluding hydrogens is 643 g/mol. The third-order valence-electron chi connectivity index (χ3n) is 8.49. The van der Waals surface area contributed by atoms with Crippen LogP contribution in [0.2, 0.25) is 0 Å². The number of unbranched alkanes of at least 4 members (excludes halogenated alkanes) is 13. The Morgan fingerprint density at radius 2 is 1.24 bits per heavy atom. The summed E-state index contributed by atoms with van der Waals surface area (Å²) in [6.07, 6.45) is 34.8. The Morgan fingerprint density at radius 1 is 0.694 bits per heavy atom. The predicted molar refractivity (Wildman–Crippen MR) is 197 cm³/mol. The van der Waals surface area contributed by atoms with Crippen LogP contribution in [0, 0.1) is 5.92 Å². The van der Waals surface area contributed by atoms with Gasteiger partial charge in [0.15, 0.2) is 6.10 Å². The van der Waals surface area contributed by atoms with Gasteiger partial charge in [-0.05, 0) is 57.3 Å². The zero-order valence-electron chi connectivity index (χ0n) is 30.9. The molecule has 0 amide bonds. The molecule has 9 nitrogen and oxygen atoms in total. The molecule has 284 valence electrons. The number of rotatable bonds is 33. The van der Waals surface area contributed by atoms with Crippen LogP contribution in [0.3, 0.4) is 0 Å². The van der Waals surface area contributed by atoms with Crippen molar-refractivity contribution in [3.05, 3.63) is 36.5 Å². The first-order valence-corrected chi connectivity index (χ1v) is 20.8. The van der Waals surface area contributed by atoms with Crippen LogP contribution < -0.4 is 0 Å². The van der Waals surface area contributed by atoms with Crippen LogP contribution in [-0.2, 0) is 32.9 Å². The highest BCUT2D eigenvalue weighted by Crippen LogP contribution is 2.36. The maximum absolute atomic E-state index is 12.4. The van der Waals surface area contributed by atoms with Gasteiger partial charge in [0.2, 0.25) is 0 Å². The average molecular weight is 713 g/mol. The second-order valence-electron chi connectivity index (χ2n) is 13.8. The van der Waals surface area contributed by atoms with Gasteiger partial charge in [0, 0.05) is 12.8 Å². The molecule has 49 heavy (non-hydrogen) atoms. The van der Waals surface area contributed by atoms with Gasteiger partial charge in [-0.2, -0.15) is 0 Å². The topological polar surface area (TPSA) is 132 Å². The quantitative estimate of drug-likeness (QED) is 0.0224. The maximum Gasteiger partial charge on any atom is 0.469 e. The summed E-state index contributed by atoms with van der Waals surface area (Å²) >= 11 is 0. The maximum atomic E-state index is 12.4. The zero-order valence-corrected chi connectivity index (χ0v) is 31.8. The molecule has 2 N–H and O–H groups in total. The lowest BCUT2D eigenvalue weighted by Gasteiger charge is -2.18. The van der Waals surface area contributed by atoms with Gasteiger partial charge in [0.05, 0.1) is 18.8 Å². The number of carbonyl (C=O) groups excluding carboxylic acids is 2. The number of esters is 2. The average Bonchev–Trinajstić information content (AvgIpc) is 3.80. The van der Waals surface area contributed by atoms with Crippen molar-refractivity contribution in [2.75, 3.05) is 13.2 Å². The normalized spacial score (nSPS) is 17.1. The number of hydrogen-bond donors (Lipinski definition) is 2. The second-order valence-corrected chi connectivity index (χ2v) is 15.0. The molecular formula is C39H69O9P. The Labute approximate surface area is 297 Å². The molecule has 2 unspecified atom stereocenters. The summed E-state index contributed by atoms with van der Waals surface area (Å²) in [5, 5.41) is 0. The summed E-state index contributed by atoms with van der Waals surface area (Å²) < 4.78 is 32.0. The highest BCUT2D eigenvalue weighted by Gasteiger charge is 2.36. The predicted octanol–water partition coefficient (Wildman–Crippen LogP) is 10.2. The van der Waals surface area contributed by atoms with E-state index in [0.717, 1.165) is 44.4 Å². The van der Waals surface area contributed by atoms with E-state index < -0.39 is 32.5 Å². The number of phosphoric ester groups is 1. The second kappa shape index (κ2) is 29.9. The van der Waals surface area contributed by atoms with Crippen LogP contribution >= 0.6 is 7.82 Å². The smallest absolute Gasteiger partial charge is 0.462 e. The Kier molecular flexibility index (Phi) is 27.6. The molecule has 0 aliphatic carbocycles. The van der Waals surface area contributed by atoms with Crippen molar-refractivity contribution in [3.8, 4) is 0 Å². The van der Waals surface area contributed by atoms with Gasteiger partial charge < -0.3 is 24.0 Å². The number of ether oxygens (including phenoxy) is 3. The van der Waals surface area contributed by atoms with E-state index in [1.165, 1.54) is 70.6 Å². The van der Waals surface area contributed by atoms with Crippen molar-refractivity contribution in [2.24, 2.45) is 5.92 Å². The number of hydrogen-bond acceptors (Lipinski definition) is 7. The molecule has 0 aromatic heterocycles. The number of phosphoric acid groups is 1. The molecule has 0 radical (unpaired) electrons. The molecule has 0 bridgehead atoms. The molecule has 1 fully saturated rings. The van der Waals surface area contributed by atoms with Crippen molar-refractivity contribution in [1.82, 2.24) is 0 Å². The Hall–Kier alpha value is -1.77. The Morgan fingerprint density at radius 3 is 1.88 bits per heavy atom. The van der Waals surface area contributed by atoms with Crippen LogP contribution in [0.25, 0.3) is 0 Å². The van der Waals surface area contributed by atoms with E-state index in [4.69, 9.17) is 24.0 Å². The molecule has 1 heterocycles. The summed E-state index contributed by atoms with van der Waals surface area (Å²) in [4.78, 5) is 42.7. The molecule has 1 aliphatic rings. The van der Waals surface area contributed by atoms with E-state index in [1.54, 1.807) is 0 Å². The molecule has 3 atom stereocenters. The lowest BCUT2D eigenvalue weighted by molar-refractivity contribution is -0.161. The third-order valence-corrected chi connectivity index (χ3v) is 8.98. The van der Waals surface area contributed by atoms with Crippen LogP contribution in [0.1, 0.15) is 162 Å². The molecule has 1 aliphatic heterocycles. The molecule has 0 aromatic carbocycles. The third kappa shape index (κ3) is 30.8. The Balaban J connectivity index is 2.14. The molecule has 0 aromatic rings. The lowest BCUT2D eigenvalue weighted by atomic mass is 10.0. The fourth-order valence-corrected chi connectivity index (χ4v) is 5.83. The molecule has 0 spiro atoms. The van der Waals surface area contributed by atoms with Gasteiger partial charge in [0.25, 0.3) is 0 Å². The van der Waals surface area contributed by atoms with Crippen molar-refractivity contribution >= 4 is 19.8 Å². The first-order chi connectivity index (χ1) is 23.6. The van der Waals surface area contributed by atoms with Crippen molar-refractivity contribution in [2.45, 2.75) is 180 Å². The summed E-state index contributed by atoms with van der Waals surface area (Å²) in [6, 6.07) is 0. The summed E-state index contributed by atoms with van der Waals surface area (Å²) in [5.74, 6) is -0.161. The van der Waals surface area contributed by atoms with Crippen LogP contribution in [0.15, 0.2) is 36.5 Å². The largest absolute Gasteiger partial charge is 0.469 e. The van der Waals surface area contributed by atoms with Crippen LogP contribution in [0.5, 0.6) is 0 Å². The highest BCUT2D eigenvalue weighted by atomic mass is 31.2. The van der Waals surface area contributed by atoms with E-state index in [-0.39, 0.29) is 19.4 Å². The fraction of sp³-hybridized carbons (Fsp3) is 0.795. The monoisotopic (exact) mass is 712 g/mol. The summed E-state index contributed by atoms with van der Waals surface area (Å²) in [7, 11) is -4.77. The number of carbonyl (C=O) groups is 2. The van der Waals surface area contributed by atoms with Gasteiger partial charge >= 0.3 is 19.8 Å². The molecule has 1 saturated heterocycles. The van der Waals surface area contributed by atoms with Crippen molar-refractivity contribution in [1.29, 1.82) is 0 Å². The molecule has 10 heteroatoms. The molecule has 0 saturated carbocycles. The lowest BCUT2D eigenvalue weighted by Crippen LogP contribution is -2.29. The molecule has 1 rings (SSSR count). The minimum atomic E-state index is -4.77. The van der Waals surface area contributed by atoms with Gasteiger partial charge in [-0.25, -0.2) is 4.57 Å². The van der Waals surface area contributed by atoms with Gasteiger partial charge in [-0.1, -0.05) is 134 Å². The van der Waals surface area contributed by atoms with Gasteiger partial charge in [-0.3, -0.25) is 14.1 Å². The number of epoxide rings is 1. The van der Waals surface area contributed by atoms with Crippen molar-refractivity contribution < 1.29 is 42.7 Å². The van der Waals surface area contributed by atoms with E-state index in [0.29, 0.717) is 31.5 Å². The van der Waals surface area contributed by atoms with E-state index in [1.807, 2.05) is 6.08 Å². The summed E-state index contributed by atoms with van der Waals surface area (Å²) in [6.45, 7) is 5.90. The van der Waals surface area contributed by atoms with E-state index in [2.05, 4.69) is 55.7 Å². The van der Waals surface area contributed by atoms with Crippen LogP contribution in [0.4, 0.5) is 0 Å². The van der Waals surface area contributed by atoms with Gasteiger partial charge in [0.1, 0.15) is 6.61 Å². The summed E-state index contributed by atoms with van der Waals surface area (Å²) in [5.41, 5.74) is 0. The standard InChI is InChI=1S/C39H69O9P/c1-4-5-6-7-18-23-28-36-37(48-36)29-24-19-14-12-16-21-26-31-39(41)47-35(33-46-49(42,43)44)32-45-38(40)30-25-20-15-11-9-8-10-13-17-22-27-34(2)3/h12,16,18-19,23-24,34-37H,4-11,13-15,17,20-22,25-33H2,1-3H3,(H2,42,43,44)/b16-12-,23-18-,24-19-/t35-,36?,37?/m1/s1. The Bertz CT molecular complexity index is 972. The van der Waals surface area contributed by atoms with E-state index >= 15 is 0 Å². The first-order valence-electron chi connectivity index (χ1n) is 19.3. The first kappa shape index (κ1) is 45.3. The fourth-order valence-electron chi connectivity index (χ4n) is 5.47. The zero-order chi connectivity index (χ0) is 36.0. The number of allylic oxidation sites excluding steroid dienone is 4. The minimum absolute atomic E-state index is 0.131.